The minimum Gasteiger partial charge on any atom is -0.360 e. The molecule has 0 aromatic carbocycles. The second-order valence-corrected chi connectivity index (χ2v) is 4.95. The number of hydrogen-bond acceptors (Lipinski definition) is 1. The van der Waals surface area contributed by atoms with Crippen molar-refractivity contribution in [3.8, 4) is 0 Å². The van der Waals surface area contributed by atoms with Gasteiger partial charge in [0, 0.05) is 0 Å². The number of ether oxygens (including phenoxy) is 1. The maximum atomic E-state index is 6.09. The van der Waals surface area contributed by atoms with E-state index >= 15 is 0 Å². The van der Waals surface area contributed by atoms with Crippen molar-refractivity contribution in [1.29, 1.82) is 0 Å². The summed E-state index contributed by atoms with van der Waals surface area (Å²) in [4.78, 5) is 0. The van der Waals surface area contributed by atoms with Crippen LogP contribution in [0.25, 0.3) is 0 Å². The lowest BCUT2D eigenvalue weighted by atomic mass is 9.90. The van der Waals surface area contributed by atoms with Gasteiger partial charge in [-0.25, -0.2) is 0 Å². The lowest BCUT2D eigenvalue weighted by molar-refractivity contribution is -0.0541. The summed E-state index contributed by atoms with van der Waals surface area (Å²) in [5, 5.41) is 0. The van der Waals surface area contributed by atoms with E-state index in [4.69, 9.17) is 4.74 Å². The average Bonchev–Trinajstić information content (AvgIpc) is 2.23. The summed E-state index contributed by atoms with van der Waals surface area (Å²) in [6.07, 6.45) is 8.46. The van der Waals surface area contributed by atoms with Gasteiger partial charge in [-0.1, -0.05) is 24.3 Å². The molecule has 1 heterocycles. The van der Waals surface area contributed by atoms with Crippen molar-refractivity contribution in [2.24, 2.45) is 0 Å². The first-order chi connectivity index (χ1) is 6.85. The van der Waals surface area contributed by atoms with Gasteiger partial charge in [0.05, 0.1) is 11.2 Å². The highest BCUT2D eigenvalue weighted by atomic mass is 16.5. The first kappa shape index (κ1) is 12.3. The van der Waals surface area contributed by atoms with Crippen molar-refractivity contribution in [2.45, 2.75) is 52.7 Å². The summed E-state index contributed by atoms with van der Waals surface area (Å²) in [7, 11) is 0. The molecule has 84 valence electrons. The molecule has 0 unspecified atom stereocenters. The molecule has 0 spiro atoms. The Morgan fingerprint density at radius 1 is 0.800 bits per heavy atom. The number of rotatable bonds is 2. The summed E-state index contributed by atoms with van der Waals surface area (Å²) in [6, 6.07) is 0. The van der Waals surface area contributed by atoms with Gasteiger partial charge >= 0.3 is 0 Å². The molecule has 0 saturated carbocycles. The van der Waals surface area contributed by atoms with E-state index in [0.29, 0.717) is 0 Å². The molecule has 0 amide bonds. The molecule has 0 aliphatic carbocycles. The monoisotopic (exact) mass is 206 g/mol. The van der Waals surface area contributed by atoms with E-state index in [9.17, 15) is 0 Å². The van der Waals surface area contributed by atoms with Crippen LogP contribution in [0.2, 0.25) is 0 Å². The quantitative estimate of drug-likeness (QED) is 0.663. The van der Waals surface area contributed by atoms with Gasteiger partial charge in [-0.15, -0.1) is 0 Å². The van der Waals surface area contributed by atoms with Crippen molar-refractivity contribution in [3.05, 3.63) is 35.5 Å². The van der Waals surface area contributed by atoms with Gasteiger partial charge in [-0.3, -0.25) is 0 Å². The topological polar surface area (TPSA) is 9.23 Å². The summed E-state index contributed by atoms with van der Waals surface area (Å²) in [5.41, 5.74) is 2.19. The molecule has 0 bridgehead atoms. The second kappa shape index (κ2) is 3.97. The van der Waals surface area contributed by atoms with Gasteiger partial charge in [0.25, 0.3) is 0 Å². The lowest BCUT2D eigenvalue weighted by Crippen LogP contribution is -2.29. The molecule has 1 rings (SSSR count). The molecular weight excluding hydrogens is 184 g/mol. The van der Waals surface area contributed by atoms with Gasteiger partial charge in [0.2, 0.25) is 0 Å². The third kappa shape index (κ3) is 2.23. The molecule has 0 fully saturated rings. The van der Waals surface area contributed by atoms with E-state index in [1.807, 2.05) is 13.8 Å². The van der Waals surface area contributed by atoms with Crippen LogP contribution in [0.4, 0.5) is 0 Å². The van der Waals surface area contributed by atoms with E-state index in [1.54, 1.807) is 0 Å². The van der Waals surface area contributed by atoms with Crippen LogP contribution < -0.4 is 0 Å². The minimum atomic E-state index is -0.190. The van der Waals surface area contributed by atoms with Crippen LogP contribution in [0, 0.1) is 0 Å². The Bertz CT molecular complexity index is 295. The van der Waals surface area contributed by atoms with Crippen LogP contribution in [0.3, 0.4) is 0 Å². The van der Waals surface area contributed by atoms with Gasteiger partial charge < -0.3 is 4.74 Å². The van der Waals surface area contributed by atoms with Crippen LogP contribution in [0.15, 0.2) is 35.5 Å². The Morgan fingerprint density at radius 2 is 1.13 bits per heavy atom. The Labute approximate surface area is 93.5 Å². The maximum absolute atomic E-state index is 6.09. The van der Waals surface area contributed by atoms with Gasteiger partial charge in [-0.05, 0) is 52.7 Å². The smallest absolute Gasteiger partial charge is 0.0890 e. The molecule has 0 radical (unpaired) electrons. The number of allylic oxidation sites excluding steroid dienone is 2. The fraction of sp³-hybridized carbons (Fsp3) is 0.571. The molecule has 0 aromatic heterocycles. The number of hydrogen-bond donors (Lipinski definition) is 0. The molecule has 1 heteroatoms. The van der Waals surface area contributed by atoms with Crippen LogP contribution in [0.1, 0.15) is 41.5 Å². The van der Waals surface area contributed by atoms with Crippen molar-refractivity contribution >= 4 is 0 Å². The van der Waals surface area contributed by atoms with Crippen molar-refractivity contribution in [1.82, 2.24) is 0 Å². The summed E-state index contributed by atoms with van der Waals surface area (Å²) >= 11 is 0. The molecule has 1 nitrogen and oxygen atoms in total. The zero-order valence-electron chi connectivity index (χ0n) is 10.7. The van der Waals surface area contributed by atoms with E-state index in [2.05, 4.69) is 52.0 Å². The second-order valence-electron chi connectivity index (χ2n) is 4.95. The van der Waals surface area contributed by atoms with Crippen LogP contribution >= 0.6 is 0 Å². The normalized spacial score (nSPS) is 24.7. The Hall–Kier alpha value is -0.820. The van der Waals surface area contributed by atoms with E-state index in [1.165, 1.54) is 11.1 Å². The first-order valence-electron chi connectivity index (χ1n) is 5.56. The minimum absolute atomic E-state index is 0.190. The van der Waals surface area contributed by atoms with Crippen LogP contribution in [-0.4, -0.2) is 11.2 Å². The molecule has 0 atom stereocenters. The molecule has 0 saturated heterocycles. The predicted molar refractivity (Wildman–Crippen MR) is 65.9 cm³/mol. The average molecular weight is 206 g/mol. The molecule has 1 aliphatic rings. The zero-order chi connectivity index (χ0) is 11.7. The van der Waals surface area contributed by atoms with E-state index in [0.717, 1.165) is 0 Å². The molecule has 0 aromatic rings. The molecule has 15 heavy (non-hydrogen) atoms. The van der Waals surface area contributed by atoms with Gasteiger partial charge in [0.15, 0.2) is 0 Å². The SMILES string of the molecule is C/C=C\C1=C(/C=C\C)C(C)(C)OC1(C)C. The van der Waals surface area contributed by atoms with Crippen LogP contribution in [0.5, 0.6) is 0 Å². The van der Waals surface area contributed by atoms with Crippen LogP contribution in [-0.2, 0) is 4.74 Å². The zero-order valence-corrected chi connectivity index (χ0v) is 10.7. The Morgan fingerprint density at radius 3 is 1.40 bits per heavy atom. The predicted octanol–water partition coefficient (Wildman–Crippen LogP) is 4.02. The molecule has 1 aliphatic heterocycles. The summed E-state index contributed by atoms with van der Waals surface area (Å²) < 4.78 is 6.09. The summed E-state index contributed by atoms with van der Waals surface area (Å²) in [6.45, 7) is 12.6. The highest BCUT2D eigenvalue weighted by Gasteiger charge is 2.42. The van der Waals surface area contributed by atoms with Crippen molar-refractivity contribution in [2.75, 3.05) is 0 Å². The molecular formula is C14H22O. The third-order valence-corrected chi connectivity index (χ3v) is 2.76. The van der Waals surface area contributed by atoms with Crippen molar-refractivity contribution < 1.29 is 4.74 Å². The third-order valence-electron chi connectivity index (χ3n) is 2.76. The van der Waals surface area contributed by atoms with Crippen molar-refractivity contribution in [3.63, 3.8) is 0 Å². The highest BCUT2D eigenvalue weighted by molar-refractivity contribution is 5.47. The Balaban J connectivity index is 3.32. The van der Waals surface area contributed by atoms with E-state index in [-0.39, 0.29) is 11.2 Å². The fourth-order valence-electron chi connectivity index (χ4n) is 2.31. The largest absolute Gasteiger partial charge is 0.360 e. The van der Waals surface area contributed by atoms with E-state index < -0.39 is 0 Å². The first-order valence-corrected chi connectivity index (χ1v) is 5.56. The van der Waals surface area contributed by atoms with Gasteiger partial charge in [0.1, 0.15) is 0 Å². The Kier molecular flexibility index (Phi) is 3.25. The maximum Gasteiger partial charge on any atom is 0.0890 e. The molecule has 0 N–H and O–H groups in total. The van der Waals surface area contributed by atoms with Gasteiger partial charge in [-0.2, -0.15) is 0 Å². The lowest BCUT2D eigenvalue weighted by Gasteiger charge is -2.26. The standard InChI is InChI=1S/C14H22O/c1-7-9-11-12(10-8-2)14(5,6)15-13(11,3)4/h7-10H,1-6H3/b9-7-,10-8-. The summed E-state index contributed by atoms with van der Waals surface area (Å²) in [5.74, 6) is 0. The highest BCUT2D eigenvalue weighted by Crippen LogP contribution is 2.43. The fourth-order valence-corrected chi connectivity index (χ4v) is 2.31.